The van der Waals surface area contributed by atoms with E-state index in [9.17, 15) is 0 Å². The third-order valence-corrected chi connectivity index (χ3v) is 2.93. The zero-order valence-electron chi connectivity index (χ0n) is 11.3. The van der Waals surface area contributed by atoms with E-state index in [0.29, 0.717) is 21.8 Å². The van der Waals surface area contributed by atoms with Gasteiger partial charge in [-0.15, -0.1) is 0 Å². The first kappa shape index (κ1) is 14.9. The summed E-state index contributed by atoms with van der Waals surface area (Å²) in [7, 11) is 0. The van der Waals surface area contributed by atoms with Crippen molar-refractivity contribution in [3.8, 4) is 0 Å². The molecule has 0 bridgehead atoms. The number of hydrogen-bond acceptors (Lipinski definition) is 4. The van der Waals surface area contributed by atoms with Gasteiger partial charge in [-0.25, -0.2) is 9.97 Å². The number of hydrogen-bond donors (Lipinski definition) is 2. The lowest BCUT2D eigenvalue weighted by atomic mass is 10.2. The highest BCUT2D eigenvalue weighted by atomic mass is 35.5. The lowest BCUT2D eigenvalue weighted by Crippen LogP contribution is -2.09. The van der Waals surface area contributed by atoms with Crippen LogP contribution in [0.15, 0.2) is 30.6 Å². The van der Waals surface area contributed by atoms with Crippen LogP contribution in [0.25, 0.3) is 0 Å². The Morgan fingerprint density at radius 2 is 1.65 bits per heavy atom. The predicted octanol–water partition coefficient (Wildman–Crippen LogP) is 4.59. The molecule has 4 nitrogen and oxygen atoms in total. The van der Waals surface area contributed by atoms with Gasteiger partial charge in [-0.1, -0.05) is 37.0 Å². The molecule has 2 rings (SSSR count). The molecule has 2 aromatic rings. The van der Waals surface area contributed by atoms with Gasteiger partial charge in [-0.3, -0.25) is 0 Å². The summed E-state index contributed by atoms with van der Waals surface area (Å²) in [6, 6.07) is 7.11. The highest BCUT2D eigenvalue weighted by molar-refractivity contribution is 6.35. The van der Waals surface area contributed by atoms with Crippen LogP contribution >= 0.6 is 23.2 Å². The molecule has 0 aliphatic heterocycles. The molecule has 0 unspecified atom stereocenters. The Hall–Kier alpha value is -1.52. The van der Waals surface area contributed by atoms with Gasteiger partial charge in [0, 0.05) is 28.3 Å². The predicted molar refractivity (Wildman–Crippen MR) is 85.1 cm³/mol. The molecule has 1 aromatic carbocycles. The smallest absolute Gasteiger partial charge is 0.135 e. The van der Waals surface area contributed by atoms with Crippen LogP contribution in [0.5, 0.6) is 0 Å². The molecule has 1 aromatic heterocycles. The minimum Gasteiger partial charge on any atom is -0.370 e. The van der Waals surface area contributed by atoms with Crippen molar-refractivity contribution in [3.63, 3.8) is 0 Å². The second-order valence-corrected chi connectivity index (χ2v) is 5.72. The van der Waals surface area contributed by atoms with Crippen LogP contribution in [0, 0.1) is 5.92 Å². The zero-order chi connectivity index (χ0) is 14.5. The molecule has 0 fully saturated rings. The highest BCUT2D eigenvalue weighted by Gasteiger charge is 2.02. The number of nitrogens with zero attached hydrogens (tertiary/aromatic N) is 2. The summed E-state index contributed by atoms with van der Waals surface area (Å²) < 4.78 is 0. The quantitative estimate of drug-likeness (QED) is 0.847. The van der Waals surface area contributed by atoms with Gasteiger partial charge in [-0.2, -0.15) is 0 Å². The molecule has 0 radical (unpaired) electrons. The molecular weight excluding hydrogens is 295 g/mol. The van der Waals surface area contributed by atoms with Crippen LogP contribution in [0.2, 0.25) is 10.0 Å². The van der Waals surface area contributed by atoms with E-state index in [1.807, 2.05) is 6.07 Å². The summed E-state index contributed by atoms with van der Waals surface area (Å²) in [4.78, 5) is 8.35. The molecule has 20 heavy (non-hydrogen) atoms. The summed E-state index contributed by atoms with van der Waals surface area (Å²) in [5, 5.41) is 7.56. The Labute approximate surface area is 128 Å². The first-order valence-corrected chi connectivity index (χ1v) is 7.07. The Morgan fingerprint density at radius 3 is 2.30 bits per heavy atom. The summed E-state index contributed by atoms with van der Waals surface area (Å²) in [5.74, 6) is 2.02. The second-order valence-electron chi connectivity index (χ2n) is 4.85. The molecule has 0 aliphatic carbocycles. The molecule has 0 atom stereocenters. The van der Waals surface area contributed by atoms with Crippen molar-refractivity contribution >= 4 is 40.5 Å². The minimum atomic E-state index is 0.549. The van der Waals surface area contributed by atoms with E-state index in [0.717, 1.165) is 18.1 Å². The Bertz CT molecular complexity index is 567. The van der Waals surface area contributed by atoms with Crippen molar-refractivity contribution in [2.75, 3.05) is 17.2 Å². The van der Waals surface area contributed by atoms with Crippen LogP contribution in [-0.2, 0) is 0 Å². The Balaban J connectivity index is 2.11. The SMILES string of the molecule is CC(C)CNc1cc(Nc2cc(Cl)cc(Cl)c2)ncn1. The van der Waals surface area contributed by atoms with Gasteiger partial charge in [-0.05, 0) is 24.1 Å². The molecule has 0 saturated heterocycles. The third kappa shape index (κ3) is 4.54. The molecule has 0 aliphatic rings. The van der Waals surface area contributed by atoms with Crippen molar-refractivity contribution in [3.05, 3.63) is 40.6 Å². The lowest BCUT2D eigenvalue weighted by Gasteiger charge is -2.10. The molecular formula is C14H16Cl2N4. The van der Waals surface area contributed by atoms with Gasteiger partial charge in [0.2, 0.25) is 0 Å². The van der Waals surface area contributed by atoms with E-state index in [1.165, 1.54) is 6.33 Å². The second kappa shape index (κ2) is 6.77. The minimum absolute atomic E-state index is 0.549. The topological polar surface area (TPSA) is 49.8 Å². The molecule has 1 heterocycles. The molecule has 2 N–H and O–H groups in total. The average Bonchev–Trinajstić information content (AvgIpc) is 2.35. The van der Waals surface area contributed by atoms with E-state index in [1.54, 1.807) is 18.2 Å². The number of anilines is 3. The van der Waals surface area contributed by atoms with Gasteiger partial charge in [0.1, 0.15) is 18.0 Å². The Kier molecular flexibility index (Phi) is 5.04. The van der Waals surface area contributed by atoms with Crippen molar-refractivity contribution < 1.29 is 0 Å². The molecule has 106 valence electrons. The zero-order valence-corrected chi connectivity index (χ0v) is 12.8. The van der Waals surface area contributed by atoms with Crippen LogP contribution < -0.4 is 10.6 Å². The average molecular weight is 311 g/mol. The van der Waals surface area contributed by atoms with Crippen molar-refractivity contribution in [1.82, 2.24) is 9.97 Å². The maximum Gasteiger partial charge on any atom is 0.135 e. The fourth-order valence-corrected chi connectivity index (χ4v) is 2.13. The molecule has 6 heteroatoms. The fraction of sp³-hybridized carbons (Fsp3) is 0.286. The van der Waals surface area contributed by atoms with E-state index in [-0.39, 0.29) is 0 Å². The largest absolute Gasteiger partial charge is 0.370 e. The van der Waals surface area contributed by atoms with Crippen LogP contribution in [0.3, 0.4) is 0 Å². The number of halogens is 2. The normalized spacial score (nSPS) is 10.7. The van der Waals surface area contributed by atoms with Gasteiger partial charge >= 0.3 is 0 Å². The summed E-state index contributed by atoms with van der Waals surface area (Å²) in [5.41, 5.74) is 0.788. The number of aromatic nitrogens is 2. The van der Waals surface area contributed by atoms with Crippen molar-refractivity contribution in [1.29, 1.82) is 0 Å². The number of rotatable bonds is 5. The number of benzene rings is 1. The van der Waals surface area contributed by atoms with E-state index in [2.05, 4.69) is 34.4 Å². The van der Waals surface area contributed by atoms with E-state index >= 15 is 0 Å². The molecule has 0 saturated carbocycles. The fourth-order valence-electron chi connectivity index (χ4n) is 1.60. The summed E-state index contributed by atoms with van der Waals surface area (Å²) in [6.07, 6.45) is 1.51. The first-order chi connectivity index (χ1) is 9.52. The monoisotopic (exact) mass is 310 g/mol. The van der Waals surface area contributed by atoms with E-state index < -0.39 is 0 Å². The van der Waals surface area contributed by atoms with Gasteiger partial charge in [0.05, 0.1) is 0 Å². The van der Waals surface area contributed by atoms with Gasteiger partial charge < -0.3 is 10.6 Å². The maximum absolute atomic E-state index is 5.96. The lowest BCUT2D eigenvalue weighted by molar-refractivity contribution is 0.687. The van der Waals surface area contributed by atoms with Crippen LogP contribution in [0.1, 0.15) is 13.8 Å². The standard InChI is InChI=1S/C14H16Cl2N4/c1-9(2)7-17-13-6-14(19-8-18-13)20-12-4-10(15)3-11(16)5-12/h3-6,8-9H,7H2,1-2H3,(H2,17,18,19,20). The summed E-state index contributed by atoms with van der Waals surface area (Å²) in [6.45, 7) is 5.14. The Morgan fingerprint density at radius 1 is 1.00 bits per heavy atom. The van der Waals surface area contributed by atoms with Gasteiger partial charge in [0.25, 0.3) is 0 Å². The van der Waals surface area contributed by atoms with Gasteiger partial charge in [0.15, 0.2) is 0 Å². The molecule has 0 amide bonds. The molecule has 0 spiro atoms. The summed E-state index contributed by atoms with van der Waals surface area (Å²) >= 11 is 11.9. The number of nitrogens with one attached hydrogen (secondary N) is 2. The van der Waals surface area contributed by atoms with Crippen molar-refractivity contribution in [2.45, 2.75) is 13.8 Å². The highest BCUT2D eigenvalue weighted by Crippen LogP contribution is 2.25. The maximum atomic E-state index is 5.96. The van der Waals surface area contributed by atoms with Crippen LogP contribution in [0.4, 0.5) is 17.3 Å². The van der Waals surface area contributed by atoms with E-state index in [4.69, 9.17) is 23.2 Å². The first-order valence-electron chi connectivity index (χ1n) is 6.32. The third-order valence-electron chi connectivity index (χ3n) is 2.49. The van der Waals surface area contributed by atoms with Crippen LogP contribution in [-0.4, -0.2) is 16.5 Å². The van der Waals surface area contributed by atoms with Crippen molar-refractivity contribution in [2.24, 2.45) is 5.92 Å².